The zero-order valence-electron chi connectivity index (χ0n) is 14.0. The molecule has 2 aliphatic heterocycles. The maximum Gasteiger partial charge on any atom is 0.305 e. The largest absolute Gasteiger partial charge is 0.481 e. The first kappa shape index (κ1) is 17.2. The van der Waals surface area contributed by atoms with Crippen LogP contribution in [0, 0.1) is 0 Å². The predicted molar refractivity (Wildman–Crippen MR) is 89.7 cm³/mol. The highest BCUT2D eigenvalue weighted by molar-refractivity contribution is 6.10. The molecule has 0 bridgehead atoms. The van der Waals surface area contributed by atoms with E-state index in [2.05, 4.69) is 6.58 Å². The average Bonchev–Trinajstić information content (AvgIpc) is 3.09. The van der Waals surface area contributed by atoms with Gasteiger partial charge in [-0.15, -0.1) is 0 Å². The number of carbonyl (C=O) groups is 3. The molecule has 2 unspecified atom stereocenters. The summed E-state index contributed by atoms with van der Waals surface area (Å²) in [5.74, 6) is -1.52. The molecule has 1 N–H and O–H groups in total. The zero-order valence-corrected chi connectivity index (χ0v) is 14.0. The number of methoxy groups -OCH3 is 1. The van der Waals surface area contributed by atoms with E-state index < -0.39 is 12.0 Å². The fraction of sp³-hybridized carbons (Fsp3) is 0.389. The van der Waals surface area contributed by atoms with E-state index in [4.69, 9.17) is 9.84 Å². The summed E-state index contributed by atoms with van der Waals surface area (Å²) in [6.07, 6.45) is 0.146. The van der Waals surface area contributed by atoms with Crippen LogP contribution >= 0.6 is 0 Å². The van der Waals surface area contributed by atoms with E-state index in [1.165, 1.54) is 9.80 Å². The summed E-state index contributed by atoms with van der Waals surface area (Å²) >= 11 is 0. The van der Waals surface area contributed by atoms with Gasteiger partial charge in [-0.25, -0.2) is 0 Å². The number of ether oxygens (including phenoxy) is 1. The number of carboxylic acid groups (broad SMARTS) is 1. The Bertz CT molecular complexity index is 710. The number of hydrogen-bond donors (Lipinski definition) is 1. The lowest BCUT2D eigenvalue weighted by molar-refractivity contribution is -0.140. The van der Waals surface area contributed by atoms with Crippen molar-refractivity contribution in [1.29, 1.82) is 0 Å². The van der Waals surface area contributed by atoms with Gasteiger partial charge < -0.3 is 14.7 Å². The quantitative estimate of drug-likeness (QED) is 0.867. The van der Waals surface area contributed by atoms with Gasteiger partial charge in [0.25, 0.3) is 5.91 Å². The molecule has 0 aromatic heterocycles. The van der Waals surface area contributed by atoms with Crippen molar-refractivity contribution in [3.8, 4) is 0 Å². The molecule has 0 aliphatic carbocycles. The first-order valence-electron chi connectivity index (χ1n) is 8.06. The third-order valence-corrected chi connectivity index (χ3v) is 4.77. The van der Waals surface area contributed by atoms with Crippen LogP contribution < -0.4 is 0 Å². The van der Waals surface area contributed by atoms with E-state index in [9.17, 15) is 14.4 Å². The molecule has 0 radical (unpaired) electrons. The van der Waals surface area contributed by atoms with Gasteiger partial charge >= 0.3 is 5.97 Å². The van der Waals surface area contributed by atoms with Gasteiger partial charge in [0.2, 0.25) is 5.91 Å². The number of carboxylic acids is 1. The van der Waals surface area contributed by atoms with E-state index in [1.54, 1.807) is 25.3 Å². The second-order valence-corrected chi connectivity index (χ2v) is 6.27. The van der Waals surface area contributed by atoms with Crippen molar-refractivity contribution < 1.29 is 24.2 Å². The number of carbonyl (C=O) groups excluding carboxylic acids is 2. The third kappa shape index (κ3) is 3.15. The van der Waals surface area contributed by atoms with E-state index in [0.717, 1.165) is 5.56 Å². The highest BCUT2D eigenvalue weighted by atomic mass is 16.5. The van der Waals surface area contributed by atoms with Crippen molar-refractivity contribution in [3.05, 3.63) is 42.0 Å². The molecular weight excluding hydrogens is 324 g/mol. The fourth-order valence-corrected chi connectivity index (χ4v) is 3.47. The van der Waals surface area contributed by atoms with Crippen molar-refractivity contribution in [3.63, 3.8) is 0 Å². The van der Waals surface area contributed by atoms with Crippen LogP contribution in [-0.2, 0) is 14.3 Å². The minimum Gasteiger partial charge on any atom is -0.481 e. The molecule has 1 saturated heterocycles. The van der Waals surface area contributed by atoms with Crippen molar-refractivity contribution in [2.45, 2.75) is 25.0 Å². The van der Waals surface area contributed by atoms with Crippen molar-refractivity contribution in [2.24, 2.45) is 0 Å². The van der Waals surface area contributed by atoms with Crippen LogP contribution in [-0.4, -0.2) is 65.0 Å². The predicted octanol–water partition coefficient (Wildman–Crippen LogP) is 1.20. The Balaban J connectivity index is 1.74. The van der Waals surface area contributed by atoms with Crippen LogP contribution in [0.25, 0.3) is 5.70 Å². The van der Waals surface area contributed by atoms with Crippen LogP contribution in [0.15, 0.2) is 30.8 Å². The summed E-state index contributed by atoms with van der Waals surface area (Å²) in [4.78, 5) is 39.2. The molecule has 25 heavy (non-hydrogen) atoms. The van der Waals surface area contributed by atoms with Gasteiger partial charge in [-0.3, -0.25) is 19.3 Å². The maximum absolute atomic E-state index is 12.7. The van der Waals surface area contributed by atoms with Crippen LogP contribution in [0.2, 0.25) is 0 Å². The summed E-state index contributed by atoms with van der Waals surface area (Å²) in [6.45, 7) is 4.10. The lowest BCUT2D eigenvalue weighted by Crippen LogP contribution is -2.43. The number of nitrogens with zero attached hydrogens (tertiary/aromatic N) is 2. The molecule has 132 valence electrons. The Morgan fingerprint density at radius 2 is 2.00 bits per heavy atom. The SMILES string of the molecule is C=C1c2ccccc2C(=O)N1CC(=O)N1CC(OC)CC1CC(=O)O. The molecule has 7 heteroatoms. The Morgan fingerprint density at radius 3 is 2.60 bits per heavy atom. The number of fused-ring (bicyclic) bond motifs is 1. The molecule has 1 fully saturated rings. The third-order valence-electron chi connectivity index (χ3n) is 4.77. The van der Waals surface area contributed by atoms with Gasteiger partial charge in [-0.2, -0.15) is 0 Å². The van der Waals surface area contributed by atoms with Gasteiger partial charge in [0.05, 0.1) is 12.5 Å². The molecule has 2 amide bonds. The maximum atomic E-state index is 12.7. The smallest absolute Gasteiger partial charge is 0.305 e. The molecular formula is C18H20N2O5. The van der Waals surface area contributed by atoms with E-state index in [0.29, 0.717) is 24.2 Å². The minimum absolute atomic E-state index is 0.138. The van der Waals surface area contributed by atoms with E-state index >= 15 is 0 Å². The molecule has 1 aromatic carbocycles. The van der Waals surface area contributed by atoms with E-state index in [-0.39, 0.29) is 30.9 Å². The standard InChI is InChI=1S/C18H20N2O5/c1-11-14-5-3-4-6-15(14)18(24)19(11)10-16(21)20-9-13(25-2)7-12(20)8-17(22)23/h3-6,12-13H,1,7-10H2,2H3,(H,22,23). The number of likely N-dealkylation sites (tertiary alicyclic amines) is 1. The Hall–Kier alpha value is -2.67. The fourth-order valence-electron chi connectivity index (χ4n) is 3.47. The molecule has 2 aliphatic rings. The van der Waals surface area contributed by atoms with Gasteiger partial charge in [0, 0.05) is 36.5 Å². The highest BCUT2D eigenvalue weighted by Gasteiger charge is 2.39. The second kappa shape index (κ2) is 6.68. The lowest BCUT2D eigenvalue weighted by atomic mass is 10.1. The summed E-state index contributed by atoms with van der Waals surface area (Å²) in [5, 5.41) is 9.06. The minimum atomic E-state index is -0.964. The molecule has 2 heterocycles. The molecule has 7 nitrogen and oxygen atoms in total. The molecule has 0 saturated carbocycles. The van der Waals surface area contributed by atoms with Gasteiger partial charge in [-0.1, -0.05) is 24.8 Å². The van der Waals surface area contributed by atoms with E-state index in [1.807, 2.05) is 6.07 Å². The first-order chi connectivity index (χ1) is 11.9. The van der Waals surface area contributed by atoms with Crippen molar-refractivity contribution in [2.75, 3.05) is 20.2 Å². The number of hydrogen-bond acceptors (Lipinski definition) is 4. The molecule has 3 rings (SSSR count). The second-order valence-electron chi connectivity index (χ2n) is 6.27. The zero-order chi connectivity index (χ0) is 18.1. The monoisotopic (exact) mass is 344 g/mol. The number of aliphatic carboxylic acids is 1. The topological polar surface area (TPSA) is 87.2 Å². The molecule has 1 aromatic rings. The van der Waals surface area contributed by atoms with Crippen molar-refractivity contribution in [1.82, 2.24) is 9.80 Å². The number of amides is 2. The summed E-state index contributed by atoms with van der Waals surface area (Å²) in [7, 11) is 1.54. The van der Waals surface area contributed by atoms with Gasteiger partial charge in [-0.05, 0) is 12.5 Å². The summed E-state index contributed by atoms with van der Waals surface area (Å²) < 4.78 is 5.28. The first-order valence-corrected chi connectivity index (χ1v) is 8.06. The Kier molecular flexibility index (Phi) is 4.59. The Labute approximate surface area is 145 Å². The van der Waals surface area contributed by atoms with Crippen LogP contribution in [0.5, 0.6) is 0 Å². The summed E-state index contributed by atoms with van der Waals surface area (Å²) in [5.41, 5.74) is 1.74. The van der Waals surface area contributed by atoms with Gasteiger partial charge in [0.15, 0.2) is 0 Å². The normalized spacial score (nSPS) is 22.4. The lowest BCUT2D eigenvalue weighted by Gasteiger charge is -2.26. The summed E-state index contributed by atoms with van der Waals surface area (Å²) in [6, 6.07) is 6.65. The van der Waals surface area contributed by atoms with Crippen molar-refractivity contribution >= 4 is 23.5 Å². The van der Waals surface area contributed by atoms with Crippen LogP contribution in [0.4, 0.5) is 0 Å². The molecule has 0 spiro atoms. The van der Waals surface area contributed by atoms with Crippen LogP contribution in [0.1, 0.15) is 28.8 Å². The van der Waals surface area contributed by atoms with Gasteiger partial charge in [0.1, 0.15) is 6.54 Å². The number of rotatable bonds is 5. The van der Waals surface area contributed by atoms with Crippen LogP contribution in [0.3, 0.4) is 0 Å². The Morgan fingerprint density at radius 1 is 1.32 bits per heavy atom. The molecule has 2 atom stereocenters. The highest BCUT2D eigenvalue weighted by Crippen LogP contribution is 2.31. The average molecular weight is 344 g/mol. The number of benzene rings is 1.